The predicted molar refractivity (Wildman–Crippen MR) is 146 cm³/mol. The van der Waals surface area contributed by atoms with Crippen molar-refractivity contribution in [3.05, 3.63) is 23.1 Å². The molecule has 2 saturated heterocycles. The molecule has 22 nitrogen and oxygen atoms in total. The van der Waals surface area contributed by atoms with E-state index in [0.717, 1.165) is 6.33 Å². The fourth-order valence-corrected chi connectivity index (χ4v) is 7.79. The summed E-state index contributed by atoms with van der Waals surface area (Å²) in [6.07, 6.45) is -11.7. The molecule has 0 radical (unpaired) electrons. The normalized spacial score (nSPS) is 36.2. The first-order chi connectivity index (χ1) is 20.5. The summed E-state index contributed by atoms with van der Waals surface area (Å²) in [5.41, 5.74) is 13.6. The van der Waals surface area contributed by atoms with Crippen molar-refractivity contribution in [1.29, 1.82) is 0 Å². The van der Waals surface area contributed by atoms with Crippen LogP contribution in [0.4, 0.5) is 5.82 Å². The number of phosphoric acid groups is 1. The molecule has 0 aliphatic carbocycles. The lowest BCUT2D eigenvalue weighted by atomic mass is 9.92. The van der Waals surface area contributed by atoms with E-state index in [1.807, 2.05) is 0 Å². The molecule has 0 aromatic carbocycles. The van der Waals surface area contributed by atoms with Crippen molar-refractivity contribution >= 4 is 43.3 Å². The maximum Gasteiger partial charge on any atom is 0.481 e. The molecule has 0 saturated carbocycles. The summed E-state index contributed by atoms with van der Waals surface area (Å²) in [5.74, 6) is -1.28. The van der Waals surface area contributed by atoms with Gasteiger partial charge in [-0.15, -0.1) is 0 Å². The van der Waals surface area contributed by atoms with Gasteiger partial charge in [0.1, 0.15) is 35.7 Å². The third-order valence-electron chi connectivity index (χ3n) is 7.05. The van der Waals surface area contributed by atoms with E-state index < -0.39 is 95.0 Å². The number of nitrogens with two attached hydrogens (primary N) is 1. The van der Waals surface area contributed by atoms with Crippen molar-refractivity contribution in [2.24, 2.45) is 11.0 Å². The number of aromatic nitrogens is 4. The van der Waals surface area contributed by atoms with Crippen LogP contribution < -0.4 is 5.73 Å². The number of imidazole rings is 1. The molecule has 0 amide bonds. The molecule has 44 heavy (non-hydrogen) atoms. The third-order valence-corrected chi connectivity index (χ3v) is 10.6. The summed E-state index contributed by atoms with van der Waals surface area (Å²) < 4.78 is 39.3. The predicted octanol–water partition coefficient (Wildman–Crippen LogP) is -2.49. The van der Waals surface area contributed by atoms with Gasteiger partial charge in [0, 0.05) is 10.8 Å². The minimum absolute atomic E-state index is 0.0430. The van der Waals surface area contributed by atoms with E-state index in [9.17, 15) is 45.4 Å². The largest absolute Gasteiger partial charge is 0.481 e. The van der Waals surface area contributed by atoms with Crippen LogP contribution in [0.25, 0.3) is 21.6 Å². The Morgan fingerprint density at radius 3 is 2.64 bits per heavy atom. The summed E-state index contributed by atoms with van der Waals surface area (Å²) >= 11 is 4.79. The Balaban J connectivity index is 1.45. The van der Waals surface area contributed by atoms with Gasteiger partial charge in [-0.1, -0.05) is 5.11 Å². The van der Waals surface area contributed by atoms with Crippen LogP contribution in [-0.4, -0.2) is 128 Å². The minimum Gasteiger partial charge on any atom is -0.394 e. The van der Waals surface area contributed by atoms with Gasteiger partial charge in [-0.05, 0) is 24.3 Å². The molecule has 2 aromatic heterocycles. The first-order valence-corrected chi connectivity index (χ1v) is 16.6. The number of fused-ring (bicyclic) bond motifs is 1. The Kier molecular flexibility index (Phi) is 10.6. The average molecular weight is 689 g/mol. The molecule has 0 bridgehead atoms. The van der Waals surface area contributed by atoms with E-state index in [1.165, 1.54) is 17.8 Å². The number of nitrogen functional groups attached to an aromatic ring is 1. The highest BCUT2D eigenvalue weighted by atomic mass is 32.5. The van der Waals surface area contributed by atoms with Crippen LogP contribution in [0.2, 0.25) is 0 Å². The number of aliphatic hydroxyl groups is 6. The van der Waals surface area contributed by atoms with E-state index in [4.69, 9.17) is 41.2 Å². The molecule has 2 aliphatic heterocycles. The molecule has 2 aromatic rings. The molecule has 4 heterocycles. The fourth-order valence-electron chi connectivity index (χ4n) is 4.68. The summed E-state index contributed by atoms with van der Waals surface area (Å²) in [6, 6.07) is 0. The summed E-state index contributed by atoms with van der Waals surface area (Å²) in [6.45, 7) is -5.63. The van der Waals surface area contributed by atoms with Gasteiger partial charge in [0.2, 0.25) is 0 Å². The van der Waals surface area contributed by atoms with E-state index >= 15 is 0 Å². The molecule has 25 heteroatoms. The molecule has 2 aliphatic rings. The zero-order chi connectivity index (χ0) is 32.6. The summed E-state index contributed by atoms with van der Waals surface area (Å²) in [4.78, 5) is 35.5. The molecule has 0 spiro atoms. The van der Waals surface area contributed by atoms with Crippen LogP contribution in [0.5, 0.6) is 0 Å². The highest BCUT2D eigenvalue weighted by molar-refractivity contribution is 8.08. The number of nitrogens with zero attached hydrogens (tertiary/aromatic N) is 7. The van der Waals surface area contributed by atoms with Gasteiger partial charge in [-0.3, -0.25) is 9.09 Å². The zero-order valence-electron chi connectivity index (χ0n) is 22.5. The molecule has 4 rings (SSSR count). The van der Waals surface area contributed by atoms with Crippen LogP contribution in [0.15, 0.2) is 17.8 Å². The average Bonchev–Trinajstić information content (AvgIpc) is 3.46. The number of ether oxygens (including phenoxy) is 2. The second-order valence-electron chi connectivity index (χ2n) is 9.98. The van der Waals surface area contributed by atoms with Crippen LogP contribution in [0, 0.1) is 5.92 Å². The van der Waals surface area contributed by atoms with Crippen molar-refractivity contribution in [2.75, 3.05) is 25.6 Å². The van der Waals surface area contributed by atoms with Crippen molar-refractivity contribution in [3.8, 4) is 0 Å². The Hall–Kier alpha value is -1.98. The van der Waals surface area contributed by atoms with Crippen molar-refractivity contribution in [1.82, 2.24) is 19.5 Å². The number of azide groups is 1. The topological polar surface area (TPSA) is 343 Å². The fraction of sp³-hybridized carbons (Fsp3) is 0.737. The molecule has 10 N–H and O–H groups in total. The summed E-state index contributed by atoms with van der Waals surface area (Å²) in [7, 11) is -5.46. The molecular formula is C19H30N8O14P2S. The van der Waals surface area contributed by atoms with Gasteiger partial charge in [0.15, 0.2) is 24.0 Å². The highest BCUT2D eigenvalue weighted by Gasteiger charge is 2.55. The molecule has 7 unspecified atom stereocenters. The molecular weight excluding hydrogens is 658 g/mol. The smallest absolute Gasteiger partial charge is 0.394 e. The van der Waals surface area contributed by atoms with Gasteiger partial charge in [0.25, 0.3) is 0 Å². The minimum atomic E-state index is -5.46. The number of rotatable bonds is 11. The highest BCUT2D eigenvalue weighted by Crippen LogP contribution is 2.62. The van der Waals surface area contributed by atoms with E-state index in [2.05, 4.69) is 29.3 Å². The van der Waals surface area contributed by atoms with Crippen LogP contribution in [0.3, 0.4) is 0 Å². The SMILES string of the molecule is C[C@@]1(N=[N+]=[N-])[C@H](O)[C@@H](COP(O)(=S)OP(=O)(O)OC2OCC([C@@H](O)CO)C(O)C(O)C2O)O[C@H]1n1cnc2c(N)ncnc21. The van der Waals surface area contributed by atoms with Gasteiger partial charge >= 0.3 is 14.5 Å². The van der Waals surface area contributed by atoms with Crippen LogP contribution in [-0.2, 0) is 39.2 Å². The number of hydrogen-bond acceptors (Lipinski definition) is 18. The lowest BCUT2D eigenvalue weighted by Gasteiger charge is -2.28. The number of phosphoric ester groups is 1. The second-order valence-corrected chi connectivity index (χ2v) is 14.4. The zero-order valence-corrected chi connectivity index (χ0v) is 25.1. The Bertz CT molecular complexity index is 1480. The number of anilines is 1. The molecule has 246 valence electrons. The number of aliphatic hydroxyl groups excluding tert-OH is 6. The van der Waals surface area contributed by atoms with Crippen molar-refractivity contribution in [3.63, 3.8) is 0 Å². The Morgan fingerprint density at radius 2 is 1.98 bits per heavy atom. The van der Waals surface area contributed by atoms with Crippen LogP contribution in [0.1, 0.15) is 13.2 Å². The van der Waals surface area contributed by atoms with Gasteiger partial charge in [-0.25, -0.2) is 23.8 Å². The lowest BCUT2D eigenvalue weighted by Crippen LogP contribution is -2.47. The van der Waals surface area contributed by atoms with E-state index in [-0.39, 0.29) is 17.0 Å². The maximum atomic E-state index is 12.7. The first kappa shape index (κ1) is 34.9. The quantitative estimate of drug-likeness (QED) is 0.0510. The molecule has 2 fully saturated rings. The van der Waals surface area contributed by atoms with E-state index in [0.29, 0.717) is 0 Å². The molecule has 12 atom stereocenters. The van der Waals surface area contributed by atoms with Crippen molar-refractivity contribution in [2.45, 2.75) is 61.6 Å². The second kappa shape index (κ2) is 13.4. The maximum absolute atomic E-state index is 12.7. The van der Waals surface area contributed by atoms with Gasteiger partial charge in [0.05, 0.1) is 44.5 Å². The summed E-state index contributed by atoms with van der Waals surface area (Å²) in [5, 5.41) is 64.3. The standard InChI is InChI=1S/C19H30N8O14P2S/c1-19(25-26-21)14(33)9(39-18(19)27-6-24-10-15(20)22-5-23-16(10)27)4-38-43(36,44)41-42(34,35)40-17-13(32)12(31)11(30)7(3-37-17)8(29)2-28/h5-9,11-14,17-18,28-33H,2-4H2,1H3,(H,34,35)(H,36,44)(H2,20,22,23)/t7?,8-,9+,11?,12?,13?,14+,17?,18+,19+,43?/m0/s1. The number of hydrogen-bond donors (Lipinski definition) is 9. The lowest BCUT2D eigenvalue weighted by molar-refractivity contribution is -0.173. The van der Waals surface area contributed by atoms with Crippen LogP contribution >= 0.6 is 14.5 Å². The van der Waals surface area contributed by atoms with Gasteiger partial charge in [-0.2, -0.15) is 0 Å². The Morgan fingerprint density at radius 1 is 1.27 bits per heavy atom. The van der Waals surface area contributed by atoms with Gasteiger partial charge < -0.3 is 60.2 Å². The first-order valence-electron chi connectivity index (χ1n) is 12.5. The van der Waals surface area contributed by atoms with Crippen molar-refractivity contribution < 1.29 is 67.8 Å². The monoisotopic (exact) mass is 688 g/mol. The van der Waals surface area contributed by atoms with E-state index in [1.54, 1.807) is 0 Å². The Labute approximate surface area is 252 Å². The third kappa shape index (κ3) is 7.04.